The number of benzene rings is 1. The van der Waals surface area contributed by atoms with Crippen molar-refractivity contribution < 1.29 is 9.47 Å². The first kappa shape index (κ1) is 21.5. The Labute approximate surface area is 184 Å². The van der Waals surface area contributed by atoms with Gasteiger partial charge in [0.2, 0.25) is 5.88 Å². The number of pyridine rings is 1. The predicted octanol–water partition coefficient (Wildman–Crippen LogP) is 3.64. The average molecular weight is 422 g/mol. The Morgan fingerprint density at radius 2 is 1.87 bits per heavy atom. The van der Waals surface area contributed by atoms with E-state index < -0.39 is 0 Å². The van der Waals surface area contributed by atoms with Crippen molar-refractivity contribution in [2.45, 2.75) is 26.9 Å². The van der Waals surface area contributed by atoms with E-state index in [0.717, 1.165) is 56.1 Å². The van der Waals surface area contributed by atoms with E-state index in [-0.39, 0.29) is 6.10 Å². The number of hydrogen-bond acceptors (Lipinski definition) is 7. The van der Waals surface area contributed by atoms with Crippen LogP contribution < -0.4 is 9.64 Å². The van der Waals surface area contributed by atoms with Gasteiger partial charge < -0.3 is 14.4 Å². The number of fused-ring (bicyclic) bond motifs is 1. The minimum Gasteiger partial charge on any atom is -0.473 e. The summed E-state index contributed by atoms with van der Waals surface area (Å²) in [4.78, 5) is 18.4. The average Bonchev–Trinajstić information content (AvgIpc) is 2.83. The molecule has 3 aromatic rings. The number of anilines is 1. The third-order valence-corrected chi connectivity index (χ3v) is 5.79. The van der Waals surface area contributed by atoms with Gasteiger partial charge in [-0.3, -0.25) is 9.88 Å². The number of likely N-dealkylation sites (N-methyl/N-ethyl adjacent to an activating group) is 1. The van der Waals surface area contributed by atoms with E-state index in [1.807, 2.05) is 6.07 Å². The first-order valence-electron chi connectivity index (χ1n) is 11.2. The lowest BCUT2D eigenvalue weighted by Crippen LogP contribution is -2.44. The molecular formula is C24H31N5O2. The van der Waals surface area contributed by atoms with Crippen LogP contribution in [-0.2, 0) is 4.74 Å². The smallest absolute Gasteiger partial charge is 0.242 e. The Hall–Kier alpha value is -2.77. The molecule has 164 valence electrons. The van der Waals surface area contributed by atoms with Crippen LogP contribution in [0.25, 0.3) is 22.3 Å². The van der Waals surface area contributed by atoms with Gasteiger partial charge >= 0.3 is 0 Å². The van der Waals surface area contributed by atoms with Crippen LogP contribution in [0.5, 0.6) is 5.88 Å². The topological polar surface area (TPSA) is 63.6 Å². The third-order valence-electron chi connectivity index (χ3n) is 5.79. The van der Waals surface area contributed by atoms with Crippen LogP contribution in [0.15, 0.2) is 42.7 Å². The van der Waals surface area contributed by atoms with Crippen molar-refractivity contribution in [1.82, 2.24) is 19.9 Å². The molecule has 1 atom stereocenters. The van der Waals surface area contributed by atoms with Gasteiger partial charge in [0.1, 0.15) is 12.7 Å². The molecule has 1 aromatic carbocycles. The van der Waals surface area contributed by atoms with Crippen LogP contribution in [-0.4, -0.2) is 71.9 Å². The Morgan fingerprint density at radius 1 is 1.10 bits per heavy atom. The molecule has 0 spiro atoms. The zero-order valence-corrected chi connectivity index (χ0v) is 18.6. The minimum absolute atomic E-state index is 0.0271. The van der Waals surface area contributed by atoms with Crippen LogP contribution in [0, 0.1) is 0 Å². The van der Waals surface area contributed by atoms with E-state index in [0.29, 0.717) is 18.0 Å². The van der Waals surface area contributed by atoms with Crippen molar-refractivity contribution in [2.75, 3.05) is 50.8 Å². The van der Waals surface area contributed by atoms with Crippen molar-refractivity contribution in [1.29, 1.82) is 0 Å². The van der Waals surface area contributed by atoms with Crippen molar-refractivity contribution >= 4 is 16.7 Å². The van der Waals surface area contributed by atoms with Crippen molar-refractivity contribution in [3.8, 4) is 17.1 Å². The normalized spacial score (nSPS) is 17.1. The van der Waals surface area contributed by atoms with Crippen LogP contribution in [0.1, 0.15) is 20.8 Å². The van der Waals surface area contributed by atoms with Gasteiger partial charge in [-0.2, -0.15) is 0 Å². The lowest BCUT2D eigenvalue weighted by molar-refractivity contribution is -0.0467. The fraction of sp³-hybridized carbons (Fsp3) is 0.458. The zero-order valence-electron chi connectivity index (χ0n) is 18.6. The van der Waals surface area contributed by atoms with E-state index >= 15 is 0 Å². The van der Waals surface area contributed by atoms with Gasteiger partial charge in [0, 0.05) is 49.8 Å². The molecule has 0 radical (unpaired) electrons. The van der Waals surface area contributed by atoms with E-state index in [2.05, 4.69) is 64.8 Å². The highest BCUT2D eigenvalue weighted by Crippen LogP contribution is 2.28. The molecule has 0 saturated carbocycles. The second kappa shape index (κ2) is 10.0. The summed E-state index contributed by atoms with van der Waals surface area (Å²) in [5.74, 6) is 0.505. The Balaban J connectivity index is 1.59. The SMILES string of the molecule is CCN1CCO[C@H](COc2nc(-c3ccc(N(CC)CC)cc3)cc3nccnc23)C1. The molecule has 0 bridgehead atoms. The van der Waals surface area contributed by atoms with Crippen molar-refractivity contribution in [3.05, 3.63) is 42.7 Å². The van der Waals surface area contributed by atoms with Crippen LogP contribution in [0.2, 0.25) is 0 Å². The van der Waals surface area contributed by atoms with Crippen molar-refractivity contribution in [3.63, 3.8) is 0 Å². The summed E-state index contributed by atoms with van der Waals surface area (Å²) in [6.45, 7) is 12.5. The Bertz CT molecular complexity index is 991. The maximum Gasteiger partial charge on any atom is 0.242 e. The minimum atomic E-state index is 0.0271. The summed E-state index contributed by atoms with van der Waals surface area (Å²) in [5.41, 5.74) is 4.51. The number of ether oxygens (including phenoxy) is 2. The molecule has 31 heavy (non-hydrogen) atoms. The summed E-state index contributed by atoms with van der Waals surface area (Å²) in [6.07, 6.45) is 3.40. The molecule has 7 heteroatoms. The first-order valence-corrected chi connectivity index (χ1v) is 11.2. The fourth-order valence-electron chi connectivity index (χ4n) is 3.96. The largest absolute Gasteiger partial charge is 0.473 e. The van der Waals surface area contributed by atoms with Gasteiger partial charge in [-0.15, -0.1) is 0 Å². The molecule has 3 heterocycles. The van der Waals surface area contributed by atoms with Crippen LogP contribution >= 0.6 is 0 Å². The lowest BCUT2D eigenvalue weighted by atomic mass is 10.1. The van der Waals surface area contributed by atoms with E-state index in [9.17, 15) is 0 Å². The number of nitrogens with zero attached hydrogens (tertiary/aromatic N) is 5. The summed E-state index contributed by atoms with van der Waals surface area (Å²) < 4.78 is 12.0. The molecule has 1 fully saturated rings. The summed E-state index contributed by atoms with van der Waals surface area (Å²) in [7, 11) is 0. The van der Waals surface area contributed by atoms with E-state index in [1.165, 1.54) is 5.69 Å². The maximum absolute atomic E-state index is 6.14. The molecule has 4 rings (SSSR count). The molecule has 0 aliphatic carbocycles. The maximum atomic E-state index is 6.14. The highest BCUT2D eigenvalue weighted by atomic mass is 16.5. The zero-order chi connectivity index (χ0) is 21.6. The molecule has 0 unspecified atom stereocenters. The van der Waals surface area contributed by atoms with E-state index in [1.54, 1.807) is 12.4 Å². The van der Waals surface area contributed by atoms with Gasteiger partial charge in [0.15, 0.2) is 5.52 Å². The van der Waals surface area contributed by atoms with Crippen LogP contribution in [0.3, 0.4) is 0 Å². The predicted molar refractivity (Wildman–Crippen MR) is 124 cm³/mol. The standard InChI is InChI=1S/C24H31N5O2/c1-4-28-13-14-30-20(16-28)17-31-24-23-22(25-11-12-26-23)15-21(27-24)18-7-9-19(10-8-18)29(5-2)6-3/h7-12,15,20H,4-6,13-14,16-17H2,1-3H3/t20-/m0/s1. The molecule has 0 amide bonds. The summed E-state index contributed by atoms with van der Waals surface area (Å²) in [5, 5.41) is 0. The molecule has 2 aromatic heterocycles. The molecule has 7 nitrogen and oxygen atoms in total. The summed E-state index contributed by atoms with van der Waals surface area (Å²) in [6, 6.07) is 10.5. The first-order chi connectivity index (χ1) is 15.2. The quantitative estimate of drug-likeness (QED) is 0.550. The van der Waals surface area contributed by atoms with Gasteiger partial charge in [0.25, 0.3) is 0 Å². The molecular weight excluding hydrogens is 390 g/mol. The molecule has 1 aliphatic heterocycles. The Morgan fingerprint density at radius 3 is 2.61 bits per heavy atom. The monoisotopic (exact) mass is 421 g/mol. The number of hydrogen-bond donors (Lipinski definition) is 0. The second-order valence-electron chi connectivity index (χ2n) is 7.65. The number of morpholine rings is 1. The third kappa shape index (κ3) is 4.94. The second-order valence-corrected chi connectivity index (χ2v) is 7.65. The molecule has 1 aliphatic rings. The van der Waals surface area contributed by atoms with Gasteiger partial charge in [-0.05, 0) is 38.6 Å². The van der Waals surface area contributed by atoms with Gasteiger partial charge in [-0.25, -0.2) is 9.97 Å². The van der Waals surface area contributed by atoms with E-state index in [4.69, 9.17) is 14.5 Å². The molecule has 1 saturated heterocycles. The van der Waals surface area contributed by atoms with Gasteiger partial charge in [-0.1, -0.05) is 19.1 Å². The molecule has 0 N–H and O–H groups in total. The number of aromatic nitrogens is 3. The number of rotatable bonds is 8. The highest BCUT2D eigenvalue weighted by Gasteiger charge is 2.21. The summed E-state index contributed by atoms with van der Waals surface area (Å²) >= 11 is 0. The van der Waals surface area contributed by atoms with Crippen LogP contribution in [0.4, 0.5) is 5.69 Å². The fourth-order valence-corrected chi connectivity index (χ4v) is 3.96. The lowest BCUT2D eigenvalue weighted by Gasteiger charge is -2.31. The van der Waals surface area contributed by atoms with Gasteiger partial charge in [0.05, 0.1) is 17.8 Å². The highest BCUT2D eigenvalue weighted by molar-refractivity contribution is 5.83. The van der Waals surface area contributed by atoms with Crippen molar-refractivity contribution in [2.24, 2.45) is 0 Å². The Kier molecular flexibility index (Phi) is 6.94.